The van der Waals surface area contributed by atoms with Crippen molar-refractivity contribution in [1.29, 1.82) is 0 Å². The Labute approximate surface area is 188 Å². The summed E-state index contributed by atoms with van der Waals surface area (Å²) in [7, 11) is 0. The first-order valence-corrected chi connectivity index (χ1v) is 11.9. The van der Waals surface area contributed by atoms with E-state index < -0.39 is 0 Å². The summed E-state index contributed by atoms with van der Waals surface area (Å²) in [5.74, 6) is 0.0920. The number of amides is 1. The molecule has 0 aliphatic carbocycles. The second-order valence-electron chi connectivity index (χ2n) is 8.03. The van der Waals surface area contributed by atoms with E-state index in [1.165, 1.54) is 0 Å². The summed E-state index contributed by atoms with van der Waals surface area (Å²) in [4.78, 5) is 22.3. The summed E-state index contributed by atoms with van der Waals surface area (Å²) < 4.78 is 0. The molecule has 0 radical (unpaired) electrons. The minimum absolute atomic E-state index is 0.0920. The predicted octanol–water partition coefficient (Wildman–Crippen LogP) is 4.26. The molecule has 1 saturated heterocycles. The zero-order chi connectivity index (χ0) is 21.5. The lowest BCUT2D eigenvalue weighted by Crippen LogP contribution is -2.35. The summed E-state index contributed by atoms with van der Waals surface area (Å²) in [6.07, 6.45) is 1.60. The van der Waals surface area contributed by atoms with Gasteiger partial charge in [-0.25, -0.2) is 4.98 Å². The zero-order valence-electron chi connectivity index (χ0n) is 18.0. The van der Waals surface area contributed by atoms with Gasteiger partial charge in [-0.1, -0.05) is 60.7 Å². The molecule has 1 amide bonds. The molecule has 3 aromatic rings. The van der Waals surface area contributed by atoms with Crippen LogP contribution in [0, 0.1) is 6.92 Å². The lowest BCUT2D eigenvalue weighted by atomic mass is 9.98. The van der Waals surface area contributed by atoms with Crippen molar-refractivity contribution in [3.63, 3.8) is 0 Å². The second-order valence-corrected chi connectivity index (χ2v) is 8.86. The van der Waals surface area contributed by atoms with Crippen LogP contribution >= 0.6 is 11.3 Å². The summed E-state index contributed by atoms with van der Waals surface area (Å²) in [6.45, 7) is 6.81. The normalized spacial score (nSPS) is 15.1. The van der Waals surface area contributed by atoms with Crippen LogP contribution in [0.1, 0.15) is 35.7 Å². The van der Waals surface area contributed by atoms with Crippen molar-refractivity contribution in [3.8, 4) is 0 Å². The van der Waals surface area contributed by atoms with E-state index in [4.69, 9.17) is 0 Å². The quantitative estimate of drug-likeness (QED) is 0.604. The Morgan fingerprint density at radius 2 is 1.68 bits per heavy atom. The van der Waals surface area contributed by atoms with Gasteiger partial charge in [0.15, 0.2) is 5.13 Å². The van der Waals surface area contributed by atoms with Crippen LogP contribution in [0.3, 0.4) is 0 Å². The Hall–Kier alpha value is -2.70. The van der Waals surface area contributed by atoms with Crippen molar-refractivity contribution in [2.75, 3.05) is 37.6 Å². The average molecular weight is 435 g/mol. The third kappa shape index (κ3) is 5.93. The van der Waals surface area contributed by atoms with Gasteiger partial charge in [-0.15, -0.1) is 11.3 Å². The Morgan fingerprint density at radius 1 is 1.00 bits per heavy atom. The summed E-state index contributed by atoms with van der Waals surface area (Å²) in [5.41, 5.74) is 3.29. The molecule has 1 aliphatic rings. The fourth-order valence-corrected chi connectivity index (χ4v) is 4.87. The van der Waals surface area contributed by atoms with E-state index in [0.717, 1.165) is 61.1 Å². The molecule has 162 valence electrons. The van der Waals surface area contributed by atoms with E-state index in [0.29, 0.717) is 6.42 Å². The zero-order valence-corrected chi connectivity index (χ0v) is 18.9. The standard InChI is InChI=1S/C25H30N4OS/c1-20-19-31-25(26-20)29-15-8-14-28(17-18-29)16-13-23(30)27-24(21-9-4-2-5-10-21)22-11-6-3-7-12-22/h2-7,9-12,19,24H,8,13-18H2,1H3,(H,27,30). The summed E-state index contributed by atoms with van der Waals surface area (Å²) in [5, 5.41) is 6.48. The summed E-state index contributed by atoms with van der Waals surface area (Å²) >= 11 is 1.72. The topological polar surface area (TPSA) is 48.5 Å². The molecular weight excluding hydrogens is 404 g/mol. The second kappa shape index (κ2) is 10.6. The molecular formula is C25H30N4OS. The average Bonchev–Trinajstić information content (AvgIpc) is 3.10. The molecule has 5 nitrogen and oxygen atoms in total. The fourth-order valence-electron chi connectivity index (χ4n) is 4.02. The number of hydrogen-bond acceptors (Lipinski definition) is 5. The molecule has 0 atom stereocenters. The highest BCUT2D eigenvalue weighted by Crippen LogP contribution is 2.23. The van der Waals surface area contributed by atoms with Gasteiger partial charge in [0.05, 0.1) is 11.7 Å². The first kappa shape index (κ1) is 21.5. The van der Waals surface area contributed by atoms with Crippen molar-refractivity contribution >= 4 is 22.4 Å². The van der Waals surface area contributed by atoms with Crippen molar-refractivity contribution in [2.24, 2.45) is 0 Å². The molecule has 0 saturated carbocycles. The molecule has 1 N–H and O–H groups in total. The lowest BCUT2D eigenvalue weighted by molar-refractivity contribution is -0.121. The highest BCUT2D eigenvalue weighted by molar-refractivity contribution is 7.13. The van der Waals surface area contributed by atoms with E-state index in [1.807, 2.05) is 43.3 Å². The third-order valence-corrected chi connectivity index (χ3v) is 6.71. The number of aromatic nitrogens is 1. The Balaban J connectivity index is 1.32. The molecule has 4 rings (SSSR count). The van der Waals surface area contributed by atoms with Crippen molar-refractivity contribution in [1.82, 2.24) is 15.2 Å². The van der Waals surface area contributed by atoms with Gasteiger partial charge in [0.25, 0.3) is 0 Å². The van der Waals surface area contributed by atoms with Crippen LogP contribution in [0.4, 0.5) is 5.13 Å². The maximum absolute atomic E-state index is 12.9. The highest BCUT2D eigenvalue weighted by Gasteiger charge is 2.20. The Kier molecular flexibility index (Phi) is 7.33. The van der Waals surface area contributed by atoms with Crippen molar-refractivity contribution in [3.05, 3.63) is 82.9 Å². The smallest absolute Gasteiger partial charge is 0.222 e. The third-order valence-electron chi connectivity index (χ3n) is 5.69. The first-order chi connectivity index (χ1) is 15.2. The maximum Gasteiger partial charge on any atom is 0.222 e. The van der Waals surface area contributed by atoms with E-state index in [-0.39, 0.29) is 11.9 Å². The molecule has 6 heteroatoms. The molecule has 0 bridgehead atoms. The van der Waals surface area contributed by atoms with Gasteiger partial charge in [-0.05, 0) is 31.0 Å². The number of benzene rings is 2. The van der Waals surface area contributed by atoms with Gasteiger partial charge in [0.2, 0.25) is 5.91 Å². The van der Waals surface area contributed by atoms with E-state index in [2.05, 4.69) is 49.7 Å². The van der Waals surface area contributed by atoms with Gasteiger partial charge < -0.3 is 15.1 Å². The predicted molar refractivity (Wildman–Crippen MR) is 128 cm³/mol. The van der Waals surface area contributed by atoms with Crippen molar-refractivity contribution < 1.29 is 4.79 Å². The fraction of sp³-hybridized carbons (Fsp3) is 0.360. The number of carbonyl (C=O) groups is 1. The number of nitrogens with zero attached hydrogens (tertiary/aromatic N) is 3. The number of thiazole rings is 1. The molecule has 1 fully saturated rings. The van der Waals surface area contributed by atoms with Gasteiger partial charge in [0, 0.05) is 38.0 Å². The van der Waals surface area contributed by atoms with E-state index in [1.54, 1.807) is 11.3 Å². The van der Waals surface area contributed by atoms with Crippen LogP contribution in [0.25, 0.3) is 0 Å². The van der Waals surface area contributed by atoms with Crippen LogP contribution in [0.5, 0.6) is 0 Å². The minimum Gasteiger partial charge on any atom is -0.347 e. The SMILES string of the molecule is Cc1csc(N2CCCN(CCC(=O)NC(c3ccccc3)c3ccccc3)CC2)n1. The van der Waals surface area contributed by atoms with E-state index >= 15 is 0 Å². The van der Waals surface area contributed by atoms with Crippen LogP contribution in [0.15, 0.2) is 66.0 Å². The van der Waals surface area contributed by atoms with Crippen LogP contribution in [0.2, 0.25) is 0 Å². The Bertz CT molecular complexity index is 920. The highest BCUT2D eigenvalue weighted by atomic mass is 32.1. The number of rotatable bonds is 7. The number of aryl methyl sites for hydroxylation is 1. The van der Waals surface area contributed by atoms with Gasteiger partial charge in [-0.3, -0.25) is 4.79 Å². The lowest BCUT2D eigenvalue weighted by Gasteiger charge is -2.23. The van der Waals surface area contributed by atoms with Crippen LogP contribution in [-0.4, -0.2) is 48.5 Å². The van der Waals surface area contributed by atoms with Crippen LogP contribution < -0.4 is 10.2 Å². The molecule has 0 spiro atoms. The van der Waals surface area contributed by atoms with Crippen LogP contribution in [-0.2, 0) is 4.79 Å². The van der Waals surface area contributed by atoms with Gasteiger partial charge in [0.1, 0.15) is 0 Å². The monoisotopic (exact) mass is 434 g/mol. The van der Waals surface area contributed by atoms with Crippen molar-refractivity contribution in [2.45, 2.75) is 25.8 Å². The maximum atomic E-state index is 12.9. The number of anilines is 1. The molecule has 0 unspecified atom stereocenters. The van der Waals surface area contributed by atoms with Gasteiger partial charge >= 0.3 is 0 Å². The van der Waals surface area contributed by atoms with E-state index in [9.17, 15) is 4.79 Å². The number of nitrogens with one attached hydrogen (secondary N) is 1. The molecule has 2 heterocycles. The molecule has 31 heavy (non-hydrogen) atoms. The number of hydrogen-bond donors (Lipinski definition) is 1. The summed E-state index contributed by atoms with van der Waals surface area (Å²) in [6, 6.07) is 20.2. The Morgan fingerprint density at radius 3 is 2.29 bits per heavy atom. The first-order valence-electron chi connectivity index (χ1n) is 11.0. The molecule has 1 aliphatic heterocycles. The molecule has 1 aromatic heterocycles. The minimum atomic E-state index is -0.123. The number of carbonyl (C=O) groups excluding carboxylic acids is 1. The largest absolute Gasteiger partial charge is 0.347 e. The molecule has 2 aromatic carbocycles. The van der Waals surface area contributed by atoms with Gasteiger partial charge in [-0.2, -0.15) is 0 Å².